The number of imidazole rings is 1. The normalized spacial score (nSPS) is 15.2. The lowest BCUT2D eigenvalue weighted by molar-refractivity contribution is 0.0374. The second-order valence-electron chi connectivity index (χ2n) is 6.60. The summed E-state index contributed by atoms with van der Waals surface area (Å²) >= 11 is 7.15. The van der Waals surface area contributed by atoms with Crippen LogP contribution in [0.2, 0.25) is 5.02 Å². The number of benzene rings is 1. The van der Waals surface area contributed by atoms with Gasteiger partial charge in [-0.3, -0.25) is 9.69 Å². The van der Waals surface area contributed by atoms with Crippen molar-refractivity contribution in [1.82, 2.24) is 20.2 Å². The van der Waals surface area contributed by atoms with Crippen molar-refractivity contribution in [3.63, 3.8) is 0 Å². The summed E-state index contributed by atoms with van der Waals surface area (Å²) in [6.45, 7) is 5.06. The third-order valence-corrected chi connectivity index (χ3v) is 6.01. The number of fused-ring (bicyclic) bond motifs is 1. The molecule has 28 heavy (non-hydrogen) atoms. The fourth-order valence-corrected chi connectivity index (χ4v) is 4.15. The first-order valence-corrected chi connectivity index (χ1v) is 10.3. The molecule has 0 atom stereocenters. The van der Waals surface area contributed by atoms with Crippen LogP contribution in [0.1, 0.15) is 16.1 Å². The van der Waals surface area contributed by atoms with Gasteiger partial charge in [0.15, 0.2) is 0 Å². The van der Waals surface area contributed by atoms with Gasteiger partial charge >= 0.3 is 0 Å². The van der Waals surface area contributed by atoms with Crippen LogP contribution in [0, 0.1) is 5.82 Å². The van der Waals surface area contributed by atoms with Crippen molar-refractivity contribution in [2.24, 2.45) is 0 Å². The van der Waals surface area contributed by atoms with E-state index in [2.05, 4.69) is 20.2 Å². The predicted molar refractivity (Wildman–Crippen MR) is 109 cm³/mol. The molecule has 9 heteroatoms. The average molecular weight is 423 g/mol. The number of hydrogen-bond donors (Lipinski definition) is 2. The van der Waals surface area contributed by atoms with Crippen molar-refractivity contribution in [1.29, 1.82) is 0 Å². The molecular formula is C19H20ClFN4O2S. The van der Waals surface area contributed by atoms with E-state index >= 15 is 0 Å². The Morgan fingerprint density at radius 2 is 2.18 bits per heavy atom. The Balaban J connectivity index is 1.35. The molecule has 0 bridgehead atoms. The van der Waals surface area contributed by atoms with Crippen LogP contribution in [0.5, 0.6) is 0 Å². The molecule has 1 aliphatic heterocycles. The Kier molecular flexibility index (Phi) is 5.91. The zero-order chi connectivity index (χ0) is 19.5. The van der Waals surface area contributed by atoms with Gasteiger partial charge < -0.3 is 15.0 Å². The molecule has 0 saturated carbocycles. The molecule has 1 aliphatic rings. The Labute approximate surface area is 170 Å². The van der Waals surface area contributed by atoms with Gasteiger partial charge in [-0.05, 0) is 31.2 Å². The minimum Gasteiger partial charge on any atom is -0.379 e. The number of H-pyrrole nitrogens is 1. The quantitative estimate of drug-likeness (QED) is 0.596. The van der Waals surface area contributed by atoms with Crippen molar-refractivity contribution in [3.8, 4) is 10.7 Å². The summed E-state index contributed by atoms with van der Waals surface area (Å²) in [6, 6.07) is 6.42. The maximum absolute atomic E-state index is 13.6. The highest BCUT2D eigenvalue weighted by molar-refractivity contribution is 7.17. The molecule has 1 aromatic carbocycles. The Morgan fingerprint density at radius 1 is 1.36 bits per heavy atom. The molecule has 1 fully saturated rings. The van der Waals surface area contributed by atoms with Crippen LogP contribution in [0.25, 0.3) is 21.7 Å². The summed E-state index contributed by atoms with van der Waals surface area (Å²) < 4.78 is 18.9. The summed E-state index contributed by atoms with van der Waals surface area (Å²) in [4.78, 5) is 23.7. The number of nitrogens with zero attached hydrogens (tertiary/aromatic N) is 2. The highest BCUT2D eigenvalue weighted by Crippen LogP contribution is 2.29. The first kappa shape index (κ1) is 19.3. The van der Waals surface area contributed by atoms with E-state index in [1.165, 1.54) is 23.5 Å². The van der Waals surface area contributed by atoms with Gasteiger partial charge in [0.25, 0.3) is 5.91 Å². The van der Waals surface area contributed by atoms with E-state index in [1.807, 2.05) is 6.07 Å². The van der Waals surface area contributed by atoms with Crippen molar-refractivity contribution in [3.05, 3.63) is 40.0 Å². The number of aromatic nitrogens is 2. The van der Waals surface area contributed by atoms with Gasteiger partial charge in [-0.1, -0.05) is 11.6 Å². The van der Waals surface area contributed by atoms with E-state index in [9.17, 15) is 9.18 Å². The zero-order valence-corrected chi connectivity index (χ0v) is 16.7. The molecule has 2 aromatic heterocycles. The second-order valence-corrected chi connectivity index (χ2v) is 8.09. The molecule has 6 nitrogen and oxygen atoms in total. The molecule has 3 aromatic rings. The highest BCUT2D eigenvalue weighted by atomic mass is 35.5. The summed E-state index contributed by atoms with van der Waals surface area (Å²) in [7, 11) is 0. The van der Waals surface area contributed by atoms with Crippen molar-refractivity contribution < 1.29 is 13.9 Å². The highest BCUT2D eigenvalue weighted by Gasteiger charge is 2.14. The van der Waals surface area contributed by atoms with Crippen LogP contribution >= 0.6 is 22.9 Å². The number of nitrogens with one attached hydrogen (secondary N) is 2. The van der Waals surface area contributed by atoms with Crippen LogP contribution in [-0.4, -0.2) is 60.2 Å². The molecule has 0 aliphatic carbocycles. The minimum absolute atomic E-state index is 0.0360. The van der Waals surface area contributed by atoms with Crippen LogP contribution in [-0.2, 0) is 4.74 Å². The number of aromatic amines is 1. The summed E-state index contributed by atoms with van der Waals surface area (Å²) in [6.07, 6.45) is 0.903. The number of thiophene rings is 1. The van der Waals surface area contributed by atoms with Crippen LogP contribution < -0.4 is 5.32 Å². The number of carbonyl (C=O) groups is 1. The van der Waals surface area contributed by atoms with Crippen molar-refractivity contribution in [2.75, 3.05) is 39.4 Å². The van der Waals surface area contributed by atoms with Gasteiger partial charge in [0.2, 0.25) is 0 Å². The Bertz CT molecular complexity index is 945. The van der Waals surface area contributed by atoms with E-state index in [0.29, 0.717) is 28.3 Å². The third-order valence-electron chi connectivity index (χ3n) is 4.63. The van der Waals surface area contributed by atoms with Crippen molar-refractivity contribution in [2.45, 2.75) is 6.42 Å². The molecule has 1 saturated heterocycles. The summed E-state index contributed by atoms with van der Waals surface area (Å²) in [5.41, 5.74) is 1.16. The molecule has 2 N–H and O–H groups in total. The molecule has 0 radical (unpaired) electrons. The zero-order valence-electron chi connectivity index (χ0n) is 15.1. The molecule has 4 rings (SSSR count). The van der Waals surface area contributed by atoms with Gasteiger partial charge in [-0.15, -0.1) is 11.3 Å². The Hall–Kier alpha value is -2.00. The van der Waals surface area contributed by atoms with Crippen molar-refractivity contribution >= 4 is 39.9 Å². The number of hydrogen-bond acceptors (Lipinski definition) is 5. The molecule has 0 spiro atoms. The molecular weight excluding hydrogens is 403 g/mol. The monoisotopic (exact) mass is 422 g/mol. The largest absolute Gasteiger partial charge is 0.379 e. The molecule has 148 valence electrons. The van der Waals surface area contributed by atoms with E-state index in [0.717, 1.165) is 44.1 Å². The second kappa shape index (κ2) is 8.57. The minimum atomic E-state index is -0.493. The van der Waals surface area contributed by atoms with Crippen LogP contribution in [0.4, 0.5) is 4.39 Å². The first-order valence-electron chi connectivity index (χ1n) is 9.13. The smallest absolute Gasteiger partial charge is 0.261 e. The lowest BCUT2D eigenvalue weighted by Crippen LogP contribution is -2.38. The molecule has 0 unspecified atom stereocenters. The van der Waals surface area contributed by atoms with Gasteiger partial charge in [-0.25, -0.2) is 9.37 Å². The van der Waals surface area contributed by atoms with Gasteiger partial charge in [0.1, 0.15) is 11.6 Å². The lowest BCUT2D eigenvalue weighted by atomic mass is 10.3. The number of ether oxygens (including phenoxy) is 1. The standard InChI is InChI=1S/C19H20ClFN4O2S/c20-12-10-14-15(11-13(12)21)24-18(23-14)16-2-3-17(28-16)19(26)22-4-1-5-25-6-8-27-9-7-25/h2-3,10-11H,1,4-9H2,(H,22,26)(H,23,24). The maximum Gasteiger partial charge on any atom is 0.261 e. The number of amides is 1. The third kappa shape index (κ3) is 4.35. The topological polar surface area (TPSA) is 70.2 Å². The van der Waals surface area contributed by atoms with Crippen LogP contribution in [0.15, 0.2) is 24.3 Å². The number of rotatable bonds is 6. The van der Waals surface area contributed by atoms with E-state index < -0.39 is 5.82 Å². The fraction of sp³-hybridized carbons (Fsp3) is 0.368. The van der Waals surface area contributed by atoms with Crippen LogP contribution in [0.3, 0.4) is 0 Å². The van der Waals surface area contributed by atoms with Gasteiger partial charge in [0, 0.05) is 25.7 Å². The lowest BCUT2D eigenvalue weighted by Gasteiger charge is -2.26. The number of morpholine rings is 1. The Morgan fingerprint density at radius 3 is 3.00 bits per heavy atom. The molecule has 3 heterocycles. The number of carbonyl (C=O) groups excluding carboxylic acids is 1. The molecule has 1 amide bonds. The van der Waals surface area contributed by atoms with E-state index in [1.54, 1.807) is 6.07 Å². The predicted octanol–water partition coefficient (Wildman–Crippen LogP) is 3.54. The summed E-state index contributed by atoms with van der Waals surface area (Å²) in [5.74, 6) is 0.00385. The van der Waals surface area contributed by atoms with E-state index in [-0.39, 0.29) is 10.9 Å². The van der Waals surface area contributed by atoms with Gasteiger partial charge in [0.05, 0.1) is 39.0 Å². The van der Waals surface area contributed by atoms with E-state index in [4.69, 9.17) is 16.3 Å². The fourth-order valence-electron chi connectivity index (χ4n) is 3.13. The summed E-state index contributed by atoms with van der Waals surface area (Å²) in [5, 5.41) is 3.00. The average Bonchev–Trinajstić information content (AvgIpc) is 3.33. The SMILES string of the molecule is O=C(NCCCN1CCOCC1)c1ccc(-c2nc3cc(Cl)c(F)cc3[nH]2)s1. The van der Waals surface area contributed by atoms with Gasteiger partial charge in [-0.2, -0.15) is 0 Å². The first-order chi connectivity index (χ1) is 13.6. The number of halogens is 2. The maximum atomic E-state index is 13.6.